The number of hydrogen-bond acceptors (Lipinski definition) is 3. The number of halogens is 1. The highest BCUT2D eigenvalue weighted by Gasteiger charge is 2.45. The minimum Gasteiger partial charge on any atom is -0.507 e. The average molecular weight is 311 g/mol. The third-order valence-corrected chi connectivity index (χ3v) is 3.92. The summed E-state index contributed by atoms with van der Waals surface area (Å²) in [5, 5.41) is 10.5. The Hall–Kier alpha value is -2.95. The van der Waals surface area contributed by atoms with Gasteiger partial charge in [0.2, 0.25) is 0 Å². The topological polar surface area (TPSA) is 57.6 Å². The molecule has 2 aromatic rings. The lowest BCUT2D eigenvalue weighted by Crippen LogP contribution is -2.25. The smallest absolute Gasteiger partial charge is 0.295 e. The molecule has 3 rings (SSSR count). The molecule has 0 saturated carbocycles. The number of Topliss-reactive ketones (excluding diaryl/α,β-unsaturated/α-hetero) is 1. The Kier molecular flexibility index (Phi) is 3.70. The van der Waals surface area contributed by atoms with Crippen molar-refractivity contribution in [3.8, 4) is 0 Å². The van der Waals surface area contributed by atoms with E-state index >= 15 is 0 Å². The van der Waals surface area contributed by atoms with Crippen LogP contribution in [-0.4, -0.2) is 28.7 Å². The van der Waals surface area contributed by atoms with Crippen molar-refractivity contribution < 1.29 is 19.1 Å². The van der Waals surface area contributed by atoms with Gasteiger partial charge in [0.1, 0.15) is 11.6 Å². The van der Waals surface area contributed by atoms with Gasteiger partial charge in [-0.05, 0) is 6.07 Å². The SMILES string of the molecule is CN1C(=O)C(=O)/C(=C(/O)c2ccccc2)[C@H]1c1ccccc1F. The fraction of sp³-hybridized carbons (Fsp3) is 0.111. The first-order chi connectivity index (χ1) is 11.0. The van der Waals surface area contributed by atoms with Crippen molar-refractivity contribution in [3.63, 3.8) is 0 Å². The van der Waals surface area contributed by atoms with E-state index in [1.165, 1.54) is 25.2 Å². The first-order valence-corrected chi connectivity index (χ1v) is 7.07. The summed E-state index contributed by atoms with van der Waals surface area (Å²) >= 11 is 0. The van der Waals surface area contributed by atoms with Crippen LogP contribution in [0.25, 0.3) is 5.76 Å². The van der Waals surface area contributed by atoms with E-state index in [0.717, 1.165) is 4.90 Å². The molecule has 0 radical (unpaired) electrons. The van der Waals surface area contributed by atoms with Crippen LogP contribution in [-0.2, 0) is 9.59 Å². The van der Waals surface area contributed by atoms with Crippen LogP contribution in [0.1, 0.15) is 17.2 Å². The molecule has 1 amide bonds. The van der Waals surface area contributed by atoms with E-state index in [4.69, 9.17) is 0 Å². The number of amides is 1. The monoisotopic (exact) mass is 311 g/mol. The molecule has 0 unspecified atom stereocenters. The molecule has 1 aliphatic rings. The number of carbonyl (C=O) groups excluding carboxylic acids is 2. The number of aliphatic hydroxyl groups is 1. The lowest BCUT2D eigenvalue weighted by atomic mass is 9.95. The van der Waals surface area contributed by atoms with Crippen molar-refractivity contribution >= 4 is 17.4 Å². The van der Waals surface area contributed by atoms with Crippen LogP contribution in [0.4, 0.5) is 4.39 Å². The van der Waals surface area contributed by atoms with Gasteiger partial charge in [-0.2, -0.15) is 0 Å². The van der Waals surface area contributed by atoms with Gasteiger partial charge in [-0.15, -0.1) is 0 Å². The molecule has 1 heterocycles. The number of hydrogen-bond donors (Lipinski definition) is 1. The highest BCUT2D eigenvalue weighted by atomic mass is 19.1. The zero-order chi connectivity index (χ0) is 16.6. The molecular weight excluding hydrogens is 297 g/mol. The Morgan fingerprint density at radius 1 is 1.04 bits per heavy atom. The van der Waals surface area contributed by atoms with Gasteiger partial charge < -0.3 is 10.0 Å². The van der Waals surface area contributed by atoms with Crippen LogP contribution >= 0.6 is 0 Å². The maximum atomic E-state index is 14.2. The first kappa shape index (κ1) is 15.0. The number of likely N-dealkylation sites (N-methyl/N-ethyl adjacent to an activating group) is 1. The molecule has 1 aliphatic heterocycles. The van der Waals surface area contributed by atoms with Gasteiger partial charge >= 0.3 is 0 Å². The van der Waals surface area contributed by atoms with Crippen LogP contribution in [0.15, 0.2) is 60.2 Å². The van der Waals surface area contributed by atoms with Gasteiger partial charge in [-0.1, -0.05) is 48.5 Å². The molecule has 0 bridgehead atoms. The molecule has 116 valence electrons. The molecule has 1 N–H and O–H groups in total. The Bertz CT molecular complexity index is 814. The van der Waals surface area contributed by atoms with Gasteiger partial charge in [0.15, 0.2) is 0 Å². The molecule has 1 atom stereocenters. The first-order valence-electron chi connectivity index (χ1n) is 7.07. The van der Waals surface area contributed by atoms with Gasteiger partial charge in [0, 0.05) is 18.2 Å². The number of benzene rings is 2. The minimum absolute atomic E-state index is 0.103. The standard InChI is InChI=1S/C18H14FNO3/c1-20-15(12-9-5-6-10-13(12)19)14(17(22)18(20)23)16(21)11-7-3-2-4-8-11/h2-10,15,21H,1H3/b16-14+/t15-/m1/s1. The highest BCUT2D eigenvalue weighted by molar-refractivity contribution is 6.46. The molecule has 5 heteroatoms. The number of carbonyl (C=O) groups is 2. The summed E-state index contributed by atoms with van der Waals surface area (Å²) in [5.74, 6) is -2.43. The predicted octanol–water partition coefficient (Wildman–Crippen LogP) is 2.88. The van der Waals surface area contributed by atoms with Gasteiger partial charge in [0.05, 0.1) is 11.6 Å². The normalized spacial score (nSPS) is 20.1. The summed E-state index contributed by atoms with van der Waals surface area (Å²) in [6, 6.07) is 13.4. The number of rotatable bonds is 2. The zero-order valence-electron chi connectivity index (χ0n) is 12.4. The van der Waals surface area contributed by atoms with Crippen LogP contribution < -0.4 is 0 Å². The Morgan fingerprint density at radius 3 is 2.30 bits per heavy atom. The Morgan fingerprint density at radius 2 is 1.65 bits per heavy atom. The van der Waals surface area contributed by atoms with E-state index in [9.17, 15) is 19.1 Å². The van der Waals surface area contributed by atoms with Crippen molar-refractivity contribution in [2.45, 2.75) is 6.04 Å². The van der Waals surface area contributed by atoms with E-state index in [2.05, 4.69) is 0 Å². The molecule has 1 saturated heterocycles. The molecule has 1 fully saturated rings. The Balaban J connectivity index is 2.22. The molecule has 0 aliphatic carbocycles. The second-order valence-electron chi connectivity index (χ2n) is 5.30. The lowest BCUT2D eigenvalue weighted by Gasteiger charge is -2.21. The molecule has 0 spiro atoms. The van der Waals surface area contributed by atoms with Gasteiger partial charge in [-0.25, -0.2) is 4.39 Å². The molecule has 4 nitrogen and oxygen atoms in total. The highest BCUT2D eigenvalue weighted by Crippen LogP contribution is 2.39. The quantitative estimate of drug-likeness (QED) is 0.527. The van der Waals surface area contributed by atoms with E-state index in [1.807, 2.05) is 0 Å². The number of ketones is 1. The van der Waals surface area contributed by atoms with Crippen molar-refractivity contribution in [2.24, 2.45) is 0 Å². The minimum atomic E-state index is -0.948. The number of likely N-dealkylation sites (tertiary alicyclic amines) is 1. The number of aliphatic hydroxyl groups excluding tert-OH is 1. The van der Waals surface area contributed by atoms with E-state index in [-0.39, 0.29) is 16.9 Å². The van der Waals surface area contributed by atoms with Crippen molar-refractivity contribution in [1.29, 1.82) is 0 Å². The van der Waals surface area contributed by atoms with Crippen LogP contribution in [0.5, 0.6) is 0 Å². The molecule has 0 aromatic heterocycles. The second kappa shape index (κ2) is 5.68. The summed E-state index contributed by atoms with van der Waals surface area (Å²) < 4.78 is 14.2. The van der Waals surface area contributed by atoms with Crippen LogP contribution in [0.2, 0.25) is 0 Å². The molecule has 23 heavy (non-hydrogen) atoms. The second-order valence-corrected chi connectivity index (χ2v) is 5.30. The summed E-state index contributed by atoms with van der Waals surface area (Å²) in [6.45, 7) is 0. The van der Waals surface area contributed by atoms with Crippen molar-refractivity contribution in [2.75, 3.05) is 7.05 Å². The van der Waals surface area contributed by atoms with E-state index in [0.29, 0.717) is 5.56 Å². The zero-order valence-corrected chi connectivity index (χ0v) is 12.4. The third-order valence-electron chi connectivity index (χ3n) is 3.92. The Labute approximate surface area is 132 Å². The maximum Gasteiger partial charge on any atom is 0.295 e. The molecular formula is C18H14FNO3. The summed E-state index contributed by atoms with van der Waals surface area (Å²) in [7, 11) is 1.42. The summed E-state index contributed by atoms with van der Waals surface area (Å²) in [4.78, 5) is 25.5. The molecule has 2 aromatic carbocycles. The summed E-state index contributed by atoms with van der Waals surface area (Å²) in [6.07, 6.45) is 0. The van der Waals surface area contributed by atoms with Gasteiger partial charge in [0.25, 0.3) is 11.7 Å². The predicted molar refractivity (Wildman–Crippen MR) is 82.9 cm³/mol. The van der Waals surface area contributed by atoms with E-state index in [1.54, 1.807) is 36.4 Å². The van der Waals surface area contributed by atoms with E-state index < -0.39 is 23.5 Å². The van der Waals surface area contributed by atoms with Crippen LogP contribution in [0, 0.1) is 5.82 Å². The van der Waals surface area contributed by atoms with Crippen molar-refractivity contribution in [1.82, 2.24) is 4.90 Å². The lowest BCUT2D eigenvalue weighted by molar-refractivity contribution is -0.139. The fourth-order valence-corrected chi connectivity index (χ4v) is 2.76. The maximum absolute atomic E-state index is 14.2. The van der Waals surface area contributed by atoms with Gasteiger partial charge in [-0.3, -0.25) is 9.59 Å². The largest absolute Gasteiger partial charge is 0.507 e. The summed E-state index contributed by atoms with van der Waals surface area (Å²) in [5.41, 5.74) is 0.473. The van der Waals surface area contributed by atoms with Crippen LogP contribution in [0.3, 0.4) is 0 Å². The average Bonchev–Trinajstić information content (AvgIpc) is 2.80. The number of nitrogens with zero attached hydrogens (tertiary/aromatic N) is 1. The van der Waals surface area contributed by atoms with Crippen molar-refractivity contribution in [3.05, 3.63) is 77.1 Å². The third kappa shape index (κ3) is 2.40. The fourth-order valence-electron chi connectivity index (χ4n) is 2.76.